The summed E-state index contributed by atoms with van der Waals surface area (Å²) in [5, 5.41) is 0. The highest BCUT2D eigenvalue weighted by Crippen LogP contribution is 2.31. The molecule has 0 aliphatic carbocycles. The van der Waals surface area contributed by atoms with Gasteiger partial charge in [-0.25, -0.2) is 8.42 Å². The Bertz CT molecular complexity index is 973. The Hall–Kier alpha value is -2.55. The zero-order valence-electron chi connectivity index (χ0n) is 15.0. The number of hydrogen-bond acceptors (Lipinski definition) is 3. The monoisotopic (exact) mass is 412 g/mol. The third-order valence-electron chi connectivity index (χ3n) is 4.56. The molecule has 1 atom stereocenters. The van der Waals surface area contributed by atoms with Crippen molar-refractivity contribution in [1.29, 1.82) is 0 Å². The predicted octanol–water partition coefficient (Wildman–Crippen LogP) is 3.99. The highest BCUT2D eigenvalue weighted by atomic mass is 32.2. The van der Waals surface area contributed by atoms with Gasteiger partial charge in [0.25, 0.3) is 15.9 Å². The Balaban J connectivity index is 1.76. The maximum atomic E-state index is 12.8. The van der Waals surface area contributed by atoms with Crippen molar-refractivity contribution in [3.05, 3.63) is 59.7 Å². The molecule has 28 heavy (non-hydrogen) atoms. The van der Waals surface area contributed by atoms with Gasteiger partial charge in [0, 0.05) is 24.3 Å². The second-order valence-electron chi connectivity index (χ2n) is 6.85. The standard InChI is InChI=1S/C19H19F3N2O3S/c1-13-9-10-24(12-13)18(25)14-5-7-17(8-6-14)28(26,27)23-16-4-2-3-15(11-16)19(20,21)22/h2-8,11,13,23H,9-10,12H2,1H3. The fraction of sp³-hybridized carbons (Fsp3) is 0.316. The van der Waals surface area contributed by atoms with E-state index in [1.165, 1.54) is 30.3 Å². The molecule has 1 heterocycles. The third kappa shape index (κ3) is 4.46. The number of carbonyl (C=O) groups is 1. The molecule has 5 nitrogen and oxygen atoms in total. The van der Waals surface area contributed by atoms with E-state index < -0.39 is 21.8 Å². The SMILES string of the molecule is CC1CCN(C(=O)c2ccc(S(=O)(=O)Nc3cccc(C(F)(F)F)c3)cc2)C1. The average molecular weight is 412 g/mol. The van der Waals surface area contributed by atoms with Crippen molar-refractivity contribution in [1.82, 2.24) is 4.90 Å². The predicted molar refractivity (Wildman–Crippen MR) is 98.4 cm³/mol. The van der Waals surface area contributed by atoms with Crippen LogP contribution in [0, 0.1) is 5.92 Å². The van der Waals surface area contributed by atoms with Crippen LogP contribution < -0.4 is 4.72 Å². The topological polar surface area (TPSA) is 66.5 Å². The number of likely N-dealkylation sites (tertiary alicyclic amines) is 1. The van der Waals surface area contributed by atoms with Crippen molar-refractivity contribution in [3.63, 3.8) is 0 Å². The Morgan fingerprint density at radius 1 is 1.14 bits per heavy atom. The van der Waals surface area contributed by atoms with Crippen LogP contribution in [-0.2, 0) is 16.2 Å². The highest BCUT2D eigenvalue weighted by Gasteiger charge is 2.31. The molecule has 9 heteroatoms. The van der Waals surface area contributed by atoms with Crippen LogP contribution in [-0.4, -0.2) is 32.3 Å². The van der Waals surface area contributed by atoms with E-state index in [2.05, 4.69) is 11.6 Å². The van der Waals surface area contributed by atoms with E-state index in [9.17, 15) is 26.4 Å². The van der Waals surface area contributed by atoms with Gasteiger partial charge in [-0.1, -0.05) is 13.0 Å². The maximum Gasteiger partial charge on any atom is 0.416 e. The van der Waals surface area contributed by atoms with Crippen LogP contribution in [0.4, 0.5) is 18.9 Å². The molecule has 1 amide bonds. The molecule has 0 saturated carbocycles. The van der Waals surface area contributed by atoms with E-state index in [4.69, 9.17) is 0 Å². The lowest BCUT2D eigenvalue weighted by molar-refractivity contribution is -0.137. The van der Waals surface area contributed by atoms with Gasteiger partial charge in [-0.15, -0.1) is 0 Å². The normalized spacial score (nSPS) is 17.6. The summed E-state index contributed by atoms with van der Waals surface area (Å²) in [6.45, 7) is 3.38. The van der Waals surface area contributed by atoms with Crippen LogP contribution in [0.1, 0.15) is 29.3 Å². The number of benzene rings is 2. The van der Waals surface area contributed by atoms with E-state index in [1.807, 2.05) is 0 Å². The molecule has 2 aromatic rings. The molecule has 1 unspecified atom stereocenters. The molecule has 0 spiro atoms. The first-order valence-electron chi connectivity index (χ1n) is 8.66. The number of anilines is 1. The summed E-state index contributed by atoms with van der Waals surface area (Å²) in [6.07, 6.45) is -3.64. The van der Waals surface area contributed by atoms with Crippen molar-refractivity contribution in [2.45, 2.75) is 24.4 Å². The molecule has 1 aliphatic heterocycles. The first-order valence-corrected chi connectivity index (χ1v) is 10.1. The molecular weight excluding hydrogens is 393 g/mol. The van der Waals surface area contributed by atoms with Gasteiger partial charge in [0.05, 0.1) is 10.5 Å². The van der Waals surface area contributed by atoms with Gasteiger partial charge in [0.2, 0.25) is 0 Å². The van der Waals surface area contributed by atoms with Crippen molar-refractivity contribution in [2.24, 2.45) is 5.92 Å². The third-order valence-corrected chi connectivity index (χ3v) is 5.96. The zero-order valence-corrected chi connectivity index (χ0v) is 15.8. The minimum absolute atomic E-state index is 0.142. The fourth-order valence-electron chi connectivity index (χ4n) is 3.05. The summed E-state index contributed by atoms with van der Waals surface area (Å²) < 4.78 is 65.4. The van der Waals surface area contributed by atoms with Gasteiger partial charge in [-0.2, -0.15) is 13.2 Å². The number of nitrogens with zero attached hydrogens (tertiary/aromatic N) is 1. The molecule has 1 fully saturated rings. The lowest BCUT2D eigenvalue weighted by Crippen LogP contribution is -2.28. The Morgan fingerprint density at radius 2 is 1.82 bits per heavy atom. The molecular formula is C19H19F3N2O3S. The number of amides is 1. The summed E-state index contributed by atoms with van der Waals surface area (Å²) in [6, 6.07) is 9.30. The van der Waals surface area contributed by atoms with E-state index in [-0.39, 0.29) is 16.5 Å². The second kappa shape index (κ2) is 7.46. The van der Waals surface area contributed by atoms with E-state index in [1.54, 1.807) is 4.90 Å². The fourth-order valence-corrected chi connectivity index (χ4v) is 4.10. The van der Waals surface area contributed by atoms with Gasteiger partial charge in [-0.3, -0.25) is 9.52 Å². The Morgan fingerprint density at radius 3 is 2.39 bits per heavy atom. The Kier molecular flexibility index (Phi) is 5.38. The summed E-state index contributed by atoms with van der Waals surface area (Å²) in [5.74, 6) is 0.263. The molecule has 150 valence electrons. The first-order chi connectivity index (χ1) is 13.1. The molecule has 0 aromatic heterocycles. The minimum Gasteiger partial charge on any atom is -0.338 e. The summed E-state index contributed by atoms with van der Waals surface area (Å²) in [4.78, 5) is 14.0. The molecule has 3 rings (SSSR count). The first kappa shape index (κ1) is 20.2. The van der Waals surface area contributed by atoms with Crippen molar-refractivity contribution in [3.8, 4) is 0 Å². The van der Waals surface area contributed by atoms with Gasteiger partial charge in [0.15, 0.2) is 0 Å². The van der Waals surface area contributed by atoms with Crippen LogP contribution in [0.3, 0.4) is 0 Å². The number of halogens is 3. The average Bonchev–Trinajstić information content (AvgIpc) is 3.07. The van der Waals surface area contributed by atoms with Crippen molar-refractivity contribution in [2.75, 3.05) is 17.8 Å². The second-order valence-corrected chi connectivity index (χ2v) is 8.54. The quantitative estimate of drug-likeness (QED) is 0.826. The summed E-state index contributed by atoms with van der Waals surface area (Å²) >= 11 is 0. The number of sulfonamides is 1. The lowest BCUT2D eigenvalue weighted by atomic mass is 10.2. The smallest absolute Gasteiger partial charge is 0.338 e. The summed E-state index contributed by atoms with van der Waals surface area (Å²) in [5.41, 5.74) is -0.776. The summed E-state index contributed by atoms with van der Waals surface area (Å²) in [7, 11) is -4.09. The number of nitrogens with one attached hydrogen (secondary N) is 1. The van der Waals surface area contributed by atoms with Crippen LogP contribution in [0.2, 0.25) is 0 Å². The molecule has 1 saturated heterocycles. The highest BCUT2D eigenvalue weighted by molar-refractivity contribution is 7.92. The number of alkyl halides is 3. The molecule has 2 aromatic carbocycles. The van der Waals surface area contributed by atoms with Crippen LogP contribution in [0.5, 0.6) is 0 Å². The van der Waals surface area contributed by atoms with E-state index >= 15 is 0 Å². The lowest BCUT2D eigenvalue weighted by Gasteiger charge is -2.16. The van der Waals surface area contributed by atoms with E-state index in [0.717, 1.165) is 24.6 Å². The van der Waals surface area contributed by atoms with Gasteiger partial charge in [-0.05, 0) is 54.8 Å². The number of rotatable bonds is 4. The number of hydrogen-bond donors (Lipinski definition) is 1. The van der Waals surface area contributed by atoms with Gasteiger partial charge >= 0.3 is 6.18 Å². The van der Waals surface area contributed by atoms with Gasteiger partial charge in [0.1, 0.15) is 0 Å². The molecule has 0 bridgehead atoms. The largest absolute Gasteiger partial charge is 0.416 e. The maximum absolute atomic E-state index is 12.8. The zero-order chi connectivity index (χ0) is 20.5. The van der Waals surface area contributed by atoms with Crippen molar-refractivity contribution >= 4 is 21.6 Å². The molecule has 1 aliphatic rings. The number of carbonyl (C=O) groups excluding carboxylic acids is 1. The van der Waals surface area contributed by atoms with E-state index in [0.29, 0.717) is 24.6 Å². The minimum atomic E-state index is -4.57. The molecule has 1 N–H and O–H groups in total. The van der Waals surface area contributed by atoms with Crippen LogP contribution >= 0.6 is 0 Å². The van der Waals surface area contributed by atoms with Crippen LogP contribution in [0.15, 0.2) is 53.4 Å². The Labute approximate surface area is 161 Å². The molecule has 0 radical (unpaired) electrons. The van der Waals surface area contributed by atoms with Crippen molar-refractivity contribution < 1.29 is 26.4 Å². The van der Waals surface area contributed by atoms with Crippen LogP contribution in [0.25, 0.3) is 0 Å². The van der Waals surface area contributed by atoms with Gasteiger partial charge < -0.3 is 4.90 Å².